The number of aryl methyl sites for hydroxylation is 1. The van der Waals surface area contributed by atoms with Crippen molar-refractivity contribution in [2.45, 2.75) is 32.6 Å². The second-order valence-corrected chi connectivity index (χ2v) is 5.17. The molecule has 0 saturated heterocycles. The quantitative estimate of drug-likeness (QED) is 0.163. The average molecular weight is 332 g/mol. The summed E-state index contributed by atoms with van der Waals surface area (Å²) in [5, 5.41) is 0. The second-order valence-electron chi connectivity index (χ2n) is 5.17. The van der Waals surface area contributed by atoms with Gasteiger partial charge in [0.25, 0.3) is 0 Å². The number of nitrogens with zero attached hydrogens (tertiary/aromatic N) is 2. The molecule has 3 N–H and O–H groups in total. The highest BCUT2D eigenvalue weighted by molar-refractivity contribution is 5.96. The Balaban J connectivity index is 2.56. The van der Waals surface area contributed by atoms with E-state index in [-0.39, 0.29) is 0 Å². The van der Waals surface area contributed by atoms with Crippen LogP contribution in [0.15, 0.2) is 46.2 Å². The van der Waals surface area contributed by atoms with Crippen molar-refractivity contribution in [3.63, 3.8) is 0 Å². The number of hydrazine groups is 1. The highest BCUT2D eigenvalue weighted by Gasteiger charge is 2.08. The fourth-order valence-electron chi connectivity index (χ4n) is 2.15. The molecular formula is C18H28N4O2. The van der Waals surface area contributed by atoms with Crippen molar-refractivity contribution in [2.75, 3.05) is 20.3 Å². The Labute approximate surface area is 144 Å². The monoisotopic (exact) mass is 332 g/mol. The molecule has 1 aromatic carbocycles. The van der Waals surface area contributed by atoms with Crippen molar-refractivity contribution in [3.05, 3.63) is 41.8 Å². The maximum atomic E-state index is 5.77. The van der Waals surface area contributed by atoms with Gasteiger partial charge in [0, 0.05) is 6.54 Å². The minimum atomic E-state index is 0.494. The van der Waals surface area contributed by atoms with Gasteiger partial charge in [0.1, 0.15) is 5.75 Å². The topological polar surface area (TPSA) is 81.2 Å². The number of ether oxygens (including phenoxy) is 2. The summed E-state index contributed by atoms with van der Waals surface area (Å²) >= 11 is 0. The fourth-order valence-corrected chi connectivity index (χ4v) is 2.15. The summed E-state index contributed by atoms with van der Waals surface area (Å²) in [6, 6.07) is 7.98. The molecule has 0 spiro atoms. The third kappa shape index (κ3) is 6.83. The molecule has 0 aliphatic carbocycles. The lowest BCUT2D eigenvalue weighted by molar-refractivity contribution is 0.224. The molecule has 0 fully saturated rings. The Morgan fingerprint density at radius 1 is 1.33 bits per heavy atom. The molecule has 1 rings (SSSR count). The van der Waals surface area contributed by atoms with Gasteiger partial charge in [0.2, 0.25) is 0 Å². The number of nitrogens with one attached hydrogen (secondary N) is 1. The summed E-state index contributed by atoms with van der Waals surface area (Å²) in [5.74, 6) is 7.43. The van der Waals surface area contributed by atoms with E-state index in [1.165, 1.54) is 6.20 Å². The standard InChI is InChI=1S/C18H28N4O2/c1-4-5-12-21-18(22-19)17(14-20-2)24-13-8-10-15-9-6-7-11-16(15)23-3/h6-7,9,11,14H,2,4-5,8,10,12-13,19H2,1,3H3,(H,21,22)/b17-14+. The Morgan fingerprint density at radius 2 is 2.12 bits per heavy atom. The normalized spacial score (nSPS) is 12.0. The van der Waals surface area contributed by atoms with E-state index in [4.69, 9.17) is 15.3 Å². The van der Waals surface area contributed by atoms with Crippen molar-refractivity contribution in [2.24, 2.45) is 15.8 Å². The first-order valence-electron chi connectivity index (χ1n) is 8.18. The van der Waals surface area contributed by atoms with Crippen LogP contribution >= 0.6 is 0 Å². The zero-order valence-corrected chi connectivity index (χ0v) is 14.6. The fraction of sp³-hybridized carbons (Fsp3) is 0.444. The van der Waals surface area contributed by atoms with Gasteiger partial charge in [-0.05, 0) is 37.6 Å². The molecule has 1 aromatic rings. The van der Waals surface area contributed by atoms with E-state index in [2.05, 4.69) is 35.1 Å². The number of amidine groups is 1. The maximum absolute atomic E-state index is 5.77. The molecule has 0 aliphatic heterocycles. The number of methoxy groups -OCH3 is 1. The van der Waals surface area contributed by atoms with Gasteiger partial charge in [0.05, 0.1) is 19.9 Å². The van der Waals surface area contributed by atoms with E-state index in [0.717, 1.165) is 37.0 Å². The number of para-hydroxylation sites is 1. The second kappa shape index (κ2) is 12.1. The Morgan fingerprint density at radius 3 is 2.79 bits per heavy atom. The van der Waals surface area contributed by atoms with Crippen LogP contribution in [-0.4, -0.2) is 32.8 Å². The third-order valence-electron chi connectivity index (χ3n) is 3.40. The summed E-state index contributed by atoms with van der Waals surface area (Å²) in [5.41, 5.74) is 3.73. The molecule has 6 nitrogen and oxygen atoms in total. The van der Waals surface area contributed by atoms with Gasteiger partial charge in [-0.25, -0.2) is 5.84 Å². The Hall–Kier alpha value is -2.34. The molecule has 0 heterocycles. The van der Waals surface area contributed by atoms with Crippen LogP contribution in [0, 0.1) is 0 Å². The summed E-state index contributed by atoms with van der Waals surface area (Å²) in [7, 11) is 1.68. The van der Waals surface area contributed by atoms with Crippen LogP contribution in [0.25, 0.3) is 0 Å². The molecule has 132 valence electrons. The average Bonchev–Trinajstić information content (AvgIpc) is 2.62. The summed E-state index contributed by atoms with van der Waals surface area (Å²) in [4.78, 5) is 8.16. The first kappa shape index (κ1) is 19.7. The minimum Gasteiger partial charge on any atom is -0.496 e. The van der Waals surface area contributed by atoms with Crippen molar-refractivity contribution >= 4 is 12.6 Å². The summed E-state index contributed by atoms with van der Waals surface area (Å²) in [6.45, 7) is 6.79. The van der Waals surface area contributed by atoms with Gasteiger partial charge < -0.3 is 14.9 Å². The highest BCUT2D eigenvalue weighted by atomic mass is 16.5. The number of aliphatic imine (C=N–C) groups is 2. The van der Waals surface area contributed by atoms with Crippen LogP contribution < -0.4 is 16.0 Å². The lowest BCUT2D eigenvalue weighted by Gasteiger charge is -2.13. The largest absolute Gasteiger partial charge is 0.496 e. The van der Waals surface area contributed by atoms with Crippen molar-refractivity contribution in [3.8, 4) is 5.75 Å². The smallest absolute Gasteiger partial charge is 0.180 e. The molecular weight excluding hydrogens is 304 g/mol. The van der Waals surface area contributed by atoms with Gasteiger partial charge in [-0.15, -0.1) is 0 Å². The van der Waals surface area contributed by atoms with Crippen LogP contribution in [0.5, 0.6) is 5.75 Å². The number of unbranched alkanes of at least 4 members (excludes halogenated alkanes) is 1. The molecule has 0 amide bonds. The zero-order chi connectivity index (χ0) is 17.6. The number of benzene rings is 1. The van der Waals surface area contributed by atoms with Crippen molar-refractivity contribution in [1.29, 1.82) is 0 Å². The predicted octanol–water partition coefficient (Wildman–Crippen LogP) is 2.85. The Bertz CT molecular complexity index is 556. The zero-order valence-electron chi connectivity index (χ0n) is 14.6. The maximum Gasteiger partial charge on any atom is 0.180 e. The van der Waals surface area contributed by atoms with Gasteiger partial charge in [-0.2, -0.15) is 0 Å². The van der Waals surface area contributed by atoms with Crippen LogP contribution in [0.3, 0.4) is 0 Å². The van der Waals surface area contributed by atoms with Crippen molar-refractivity contribution in [1.82, 2.24) is 5.43 Å². The van der Waals surface area contributed by atoms with E-state index in [9.17, 15) is 0 Å². The molecule has 0 unspecified atom stereocenters. The molecule has 0 radical (unpaired) electrons. The minimum absolute atomic E-state index is 0.494. The van der Waals surface area contributed by atoms with Crippen LogP contribution in [0.2, 0.25) is 0 Å². The molecule has 6 heteroatoms. The predicted molar refractivity (Wildman–Crippen MR) is 99.4 cm³/mol. The first-order valence-corrected chi connectivity index (χ1v) is 8.18. The number of rotatable bonds is 11. The van der Waals surface area contributed by atoms with Gasteiger partial charge in [-0.3, -0.25) is 9.98 Å². The molecule has 0 aromatic heterocycles. The molecule has 0 bridgehead atoms. The van der Waals surface area contributed by atoms with Gasteiger partial charge in [-0.1, -0.05) is 31.5 Å². The highest BCUT2D eigenvalue weighted by Crippen LogP contribution is 2.19. The van der Waals surface area contributed by atoms with E-state index < -0.39 is 0 Å². The van der Waals surface area contributed by atoms with E-state index in [0.29, 0.717) is 24.7 Å². The molecule has 0 aliphatic rings. The molecule has 0 atom stereocenters. The number of nitrogens with two attached hydrogens (primary N) is 1. The van der Waals surface area contributed by atoms with Crippen LogP contribution in [0.1, 0.15) is 31.7 Å². The van der Waals surface area contributed by atoms with Crippen LogP contribution in [-0.2, 0) is 11.2 Å². The SMILES string of the molecule is C=N/C=C(/OCCCc1ccccc1OC)C(=NCCCC)NN. The first-order chi connectivity index (χ1) is 11.8. The van der Waals surface area contributed by atoms with Gasteiger partial charge in [0.15, 0.2) is 11.6 Å². The lowest BCUT2D eigenvalue weighted by Crippen LogP contribution is -2.33. The van der Waals surface area contributed by atoms with E-state index in [1.54, 1.807) is 7.11 Å². The van der Waals surface area contributed by atoms with Crippen molar-refractivity contribution < 1.29 is 9.47 Å². The summed E-state index contributed by atoms with van der Waals surface area (Å²) < 4.78 is 11.1. The number of hydrogen-bond acceptors (Lipinski definition) is 5. The summed E-state index contributed by atoms with van der Waals surface area (Å²) in [6.07, 6.45) is 5.28. The molecule has 24 heavy (non-hydrogen) atoms. The third-order valence-corrected chi connectivity index (χ3v) is 3.40. The van der Waals surface area contributed by atoms with E-state index >= 15 is 0 Å². The van der Waals surface area contributed by atoms with Gasteiger partial charge >= 0.3 is 0 Å². The molecule has 0 saturated carbocycles. The number of hydrogen-bond donors (Lipinski definition) is 2. The van der Waals surface area contributed by atoms with Crippen LogP contribution in [0.4, 0.5) is 0 Å². The van der Waals surface area contributed by atoms with E-state index in [1.807, 2.05) is 18.2 Å². The lowest BCUT2D eigenvalue weighted by atomic mass is 10.1. The Kier molecular flexibility index (Phi) is 9.96.